The average Bonchev–Trinajstić information content (AvgIpc) is 2.98. The van der Waals surface area contributed by atoms with Crippen LogP contribution in [0.3, 0.4) is 0 Å². The fourth-order valence-electron chi connectivity index (χ4n) is 1.71. The van der Waals surface area contributed by atoms with Crippen molar-refractivity contribution in [2.24, 2.45) is 0 Å². The molecule has 0 fully saturated rings. The van der Waals surface area contributed by atoms with Crippen LogP contribution in [0.4, 0.5) is 0 Å². The molecule has 0 bridgehead atoms. The molecule has 2 aromatic rings. The highest BCUT2D eigenvalue weighted by Crippen LogP contribution is 2.25. The van der Waals surface area contributed by atoms with Crippen LogP contribution in [0.2, 0.25) is 0 Å². The number of methoxy groups -OCH3 is 1. The Morgan fingerprint density at radius 1 is 1.16 bits per heavy atom. The molecule has 19 heavy (non-hydrogen) atoms. The van der Waals surface area contributed by atoms with Crippen LogP contribution in [-0.4, -0.2) is 19.5 Å². The Balaban J connectivity index is 1.76. The van der Waals surface area contributed by atoms with Crippen LogP contribution in [-0.2, 0) is 0 Å². The van der Waals surface area contributed by atoms with Gasteiger partial charge in [0, 0.05) is 6.42 Å². The van der Waals surface area contributed by atoms with Crippen LogP contribution >= 0.6 is 11.3 Å². The maximum absolute atomic E-state index is 11.8. The van der Waals surface area contributed by atoms with Crippen LogP contribution in [0, 0.1) is 0 Å². The van der Waals surface area contributed by atoms with E-state index < -0.39 is 0 Å². The van der Waals surface area contributed by atoms with Crippen molar-refractivity contribution in [3.63, 3.8) is 0 Å². The maximum atomic E-state index is 11.8. The quantitative estimate of drug-likeness (QED) is 0.570. The first-order valence-electron chi connectivity index (χ1n) is 6.14. The van der Waals surface area contributed by atoms with E-state index in [0.717, 1.165) is 4.88 Å². The number of carbonyl (C=O) groups is 1. The molecule has 0 saturated carbocycles. The van der Waals surface area contributed by atoms with Crippen molar-refractivity contribution in [2.75, 3.05) is 13.7 Å². The van der Waals surface area contributed by atoms with E-state index in [-0.39, 0.29) is 5.78 Å². The van der Waals surface area contributed by atoms with Crippen molar-refractivity contribution < 1.29 is 14.3 Å². The van der Waals surface area contributed by atoms with Gasteiger partial charge >= 0.3 is 0 Å². The summed E-state index contributed by atoms with van der Waals surface area (Å²) >= 11 is 1.48. The first kappa shape index (κ1) is 13.6. The average molecular weight is 276 g/mol. The molecule has 4 heteroatoms. The summed E-state index contributed by atoms with van der Waals surface area (Å²) in [6.45, 7) is 0.511. The van der Waals surface area contributed by atoms with Crippen LogP contribution in [0.15, 0.2) is 41.8 Å². The molecule has 1 heterocycles. The molecule has 0 aliphatic rings. The summed E-state index contributed by atoms with van der Waals surface area (Å²) in [4.78, 5) is 12.6. The summed E-state index contributed by atoms with van der Waals surface area (Å²) in [5, 5.41) is 1.92. The smallest absolute Gasteiger partial charge is 0.172 e. The van der Waals surface area contributed by atoms with Gasteiger partial charge in [0.25, 0.3) is 0 Å². The van der Waals surface area contributed by atoms with Crippen molar-refractivity contribution in [3.8, 4) is 11.5 Å². The Bertz CT molecular complexity index is 520. The molecule has 3 nitrogen and oxygen atoms in total. The summed E-state index contributed by atoms with van der Waals surface area (Å²) in [5.41, 5.74) is 0. The molecule has 0 spiro atoms. The number of rotatable bonds is 7. The molecule has 0 radical (unpaired) electrons. The van der Waals surface area contributed by atoms with Crippen LogP contribution in [0.25, 0.3) is 0 Å². The van der Waals surface area contributed by atoms with Gasteiger partial charge in [-0.05, 0) is 30.0 Å². The highest BCUT2D eigenvalue weighted by atomic mass is 32.1. The molecule has 0 N–H and O–H groups in total. The number of thiophene rings is 1. The zero-order valence-electron chi connectivity index (χ0n) is 10.8. The van der Waals surface area contributed by atoms with E-state index in [4.69, 9.17) is 9.47 Å². The lowest BCUT2D eigenvalue weighted by molar-refractivity contribution is 0.0977. The van der Waals surface area contributed by atoms with Gasteiger partial charge in [-0.1, -0.05) is 18.2 Å². The number of ether oxygens (including phenoxy) is 2. The molecule has 1 aromatic carbocycles. The third kappa shape index (κ3) is 3.83. The van der Waals surface area contributed by atoms with Gasteiger partial charge in [0.2, 0.25) is 0 Å². The Kier molecular flexibility index (Phi) is 4.98. The van der Waals surface area contributed by atoms with Crippen molar-refractivity contribution in [2.45, 2.75) is 12.8 Å². The molecular weight excluding hydrogens is 260 g/mol. The molecule has 0 saturated heterocycles. The van der Waals surface area contributed by atoms with E-state index in [1.165, 1.54) is 11.3 Å². The summed E-state index contributed by atoms with van der Waals surface area (Å²) in [5.74, 6) is 1.61. The minimum absolute atomic E-state index is 0.179. The molecule has 0 aliphatic carbocycles. The van der Waals surface area contributed by atoms with E-state index in [2.05, 4.69) is 0 Å². The van der Waals surface area contributed by atoms with Gasteiger partial charge in [-0.2, -0.15) is 0 Å². The highest BCUT2D eigenvalue weighted by molar-refractivity contribution is 7.12. The predicted octanol–water partition coefficient (Wildman–Crippen LogP) is 3.80. The zero-order valence-corrected chi connectivity index (χ0v) is 11.6. The molecule has 0 unspecified atom stereocenters. The molecule has 0 amide bonds. The lowest BCUT2D eigenvalue weighted by Crippen LogP contribution is -2.03. The number of ketones is 1. The van der Waals surface area contributed by atoms with Crippen molar-refractivity contribution >= 4 is 17.1 Å². The summed E-state index contributed by atoms with van der Waals surface area (Å²) < 4.78 is 10.8. The van der Waals surface area contributed by atoms with E-state index in [0.29, 0.717) is 30.9 Å². The number of carbonyl (C=O) groups excluding carboxylic acids is 1. The number of Topliss-reactive ketones (excluding diaryl/α,β-unsaturated/α-hetero) is 1. The summed E-state index contributed by atoms with van der Waals surface area (Å²) in [6.07, 6.45) is 1.21. The van der Waals surface area contributed by atoms with E-state index in [1.54, 1.807) is 7.11 Å². The van der Waals surface area contributed by atoms with Crippen molar-refractivity contribution in [3.05, 3.63) is 46.7 Å². The highest BCUT2D eigenvalue weighted by Gasteiger charge is 2.07. The van der Waals surface area contributed by atoms with Gasteiger partial charge in [0.15, 0.2) is 17.3 Å². The Morgan fingerprint density at radius 3 is 2.63 bits per heavy atom. The minimum Gasteiger partial charge on any atom is -0.493 e. The summed E-state index contributed by atoms with van der Waals surface area (Å²) in [6, 6.07) is 11.3. The van der Waals surface area contributed by atoms with Crippen LogP contribution in [0.5, 0.6) is 11.5 Å². The molecular formula is C15H16O3S. The van der Waals surface area contributed by atoms with Crippen molar-refractivity contribution in [1.82, 2.24) is 0 Å². The zero-order chi connectivity index (χ0) is 13.5. The predicted molar refractivity (Wildman–Crippen MR) is 76.4 cm³/mol. The van der Waals surface area contributed by atoms with Gasteiger partial charge in [-0.25, -0.2) is 0 Å². The number of benzene rings is 1. The number of para-hydroxylation sites is 2. The van der Waals surface area contributed by atoms with E-state index in [9.17, 15) is 4.79 Å². The fourth-order valence-corrected chi connectivity index (χ4v) is 2.41. The lowest BCUT2D eigenvalue weighted by atomic mass is 10.2. The molecule has 100 valence electrons. The van der Waals surface area contributed by atoms with Gasteiger partial charge in [0.1, 0.15) is 0 Å². The third-order valence-corrected chi connectivity index (χ3v) is 3.58. The normalized spacial score (nSPS) is 10.2. The standard InChI is InChI=1S/C15H16O3S/c1-17-13-7-2-3-8-14(13)18-10-4-6-12(16)15-9-5-11-19-15/h2-3,5,7-9,11H,4,6,10H2,1H3. The van der Waals surface area contributed by atoms with Gasteiger partial charge < -0.3 is 9.47 Å². The Morgan fingerprint density at radius 2 is 1.95 bits per heavy atom. The molecule has 2 rings (SSSR count). The SMILES string of the molecule is COc1ccccc1OCCCC(=O)c1cccs1. The first-order valence-corrected chi connectivity index (χ1v) is 7.02. The maximum Gasteiger partial charge on any atom is 0.172 e. The van der Waals surface area contributed by atoms with Crippen LogP contribution < -0.4 is 9.47 Å². The number of hydrogen-bond acceptors (Lipinski definition) is 4. The monoisotopic (exact) mass is 276 g/mol. The topological polar surface area (TPSA) is 35.5 Å². The molecule has 1 aromatic heterocycles. The van der Waals surface area contributed by atoms with Crippen LogP contribution in [0.1, 0.15) is 22.5 Å². The lowest BCUT2D eigenvalue weighted by Gasteiger charge is -2.09. The second-order valence-corrected chi connectivity index (χ2v) is 4.95. The van der Waals surface area contributed by atoms with Gasteiger partial charge in [-0.3, -0.25) is 4.79 Å². The summed E-state index contributed by atoms with van der Waals surface area (Å²) in [7, 11) is 1.61. The second kappa shape index (κ2) is 6.95. The largest absolute Gasteiger partial charge is 0.493 e. The minimum atomic E-state index is 0.179. The second-order valence-electron chi connectivity index (χ2n) is 4.00. The first-order chi connectivity index (χ1) is 9.31. The Labute approximate surface area is 116 Å². The fraction of sp³-hybridized carbons (Fsp3) is 0.267. The molecule has 0 aliphatic heterocycles. The molecule has 0 atom stereocenters. The van der Waals surface area contributed by atoms with E-state index in [1.807, 2.05) is 41.8 Å². The van der Waals surface area contributed by atoms with Crippen molar-refractivity contribution in [1.29, 1.82) is 0 Å². The van der Waals surface area contributed by atoms with E-state index >= 15 is 0 Å². The van der Waals surface area contributed by atoms with Gasteiger partial charge in [-0.15, -0.1) is 11.3 Å². The number of hydrogen-bond donors (Lipinski definition) is 0. The Hall–Kier alpha value is -1.81. The van der Waals surface area contributed by atoms with Gasteiger partial charge in [0.05, 0.1) is 18.6 Å². The third-order valence-electron chi connectivity index (χ3n) is 2.67.